The van der Waals surface area contributed by atoms with Crippen molar-refractivity contribution in [3.8, 4) is 5.75 Å². The van der Waals surface area contributed by atoms with Gasteiger partial charge in [0.05, 0.1) is 35.2 Å². The lowest BCUT2D eigenvalue weighted by Gasteiger charge is -2.35. The van der Waals surface area contributed by atoms with Crippen molar-refractivity contribution in [2.75, 3.05) is 18.1 Å². The van der Waals surface area contributed by atoms with Gasteiger partial charge in [0.25, 0.3) is 0 Å². The Morgan fingerprint density at radius 2 is 2.00 bits per heavy atom. The van der Waals surface area contributed by atoms with E-state index in [0.29, 0.717) is 0 Å². The van der Waals surface area contributed by atoms with Gasteiger partial charge < -0.3 is 19.9 Å². The maximum Gasteiger partial charge on any atom is 0.407 e. The van der Waals surface area contributed by atoms with E-state index in [0.717, 1.165) is 6.07 Å². The van der Waals surface area contributed by atoms with Crippen molar-refractivity contribution >= 4 is 21.6 Å². The molecule has 1 amide bonds. The molecule has 1 aliphatic rings. The summed E-state index contributed by atoms with van der Waals surface area (Å²) in [4.78, 5) is 22.3. The van der Waals surface area contributed by atoms with Gasteiger partial charge in [0.15, 0.2) is 9.84 Å². The van der Waals surface area contributed by atoms with E-state index in [2.05, 4.69) is 5.32 Å². The maximum absolute atomic E-state index is 14.3. The van der Waals surface area contributed by atoms with E-state index in [1.165, 1.54) is 6.07 Å². The first-order valence-electron chi connectivity index (χ1n) is 9.70. The average molecular weight is 462 g/mol. The molecule has 31 heavy (non-hydrogen) atoms. The molecule has 0 saturated carbocycles. The lowest BCUT2D eigenvalue weighted by molar-refractivity contribution is -0.388. The Balaban J connectivity index is 2.27. The van der Waals surface area contributed by atoms with E-state index in [1.807, 2.05) is 0 Å². The highest BCUT2D eigenvalue weighted by Gasteiger charge is 2.41. The molecule has 174 valence electrons. The predicted molar refractivity (Wildman–Crippen MR) is 109 cm³/mol. The summed E-state index contributed by atoms with van der Waals surface area (Å²) in [6, 6.07) is 1.06. The van der Waals surface area contributed by atoms with Crippen molar-refractivity contribution in [1.29, 1.82) is 0 Å². The van der Waals surface area contributed by atoms with Gasteiger partial charge in [0, 0.05) is 5.92 Å². The molecule has 1 aromatic carbocycles. The third kappa shape index (κ3) is 6.76. The highest BCUT2D eigenvalue weighted by molar-refractivity contribution is 7.91. The number of nitro groups is 1. The number of alkyl carbamates (subject to hydrolysis) is 1. The number of carbonyl (C=O) groups excluding carboxylic acids is 1. The SMILES string of the molecule is CCOc1cc(C[C@@H]2CS(=O)(=O)C[C@H](NC(=O)OC(C)(C)C)[C@H]2O)cc(F)c1[N+](=O)[O-]. The van der Waals surface area contributed by atoms with E-state index >= 15 is 0 Å². The molecule has 2 N–H and O–H groups in total. The van der Waals surface area contributed by atoms with Crippen LogP contribution < -0.4 is 10.1 Å². The molecule has 1 aliphatic heterocycles. The summed E-state index contributed by atoms with van der Waals surface area (Å²) in [5, 5.41) is 24.2. The molecule has 0 unspecified atom stereocenters. The molecule has 1 aromatic rings. The molecule has 3 atom stereocenters. The van der Waals surface area contributed by atoms with Crippen LogP contribution in [0.25, 0.3) is 0 Å². The van der Waals surface area contributed by atoms with Gasteiger partial charge in [-0.05, 0) is 51.8 Å². The van der Waals surface area contributed by atoms with Crippen molar-refractivity contribution in [1.82, 2.24) is 5.32 Å². The number of nitro benzene ring substituents is 1. The fraction of sp³-hybridized carbons (Fsp3) is 0.632. The number of hydrogen-bond acceptors (Lipinski definition) is 8. The zero-order chi connectivity index (χ0) is 23.6. The zero-order valence-electron chi connectivity index (χ0n) is 17.8. The second-order valence-electron chi connectivity index (χ2n) is 8.40. The minimum absolute atomic E-state index is 0.0616. The number of amides is 1. The largest absolute Gasteiger partial charge is 0.487 e. The molecule has 0 spiro atoms. The molecule has 0 bridgehead atoms. The van der Waals surface area contributed by atoms with Gasteiger partial charge in [-0.15, -0.1) is 0 Å². The van der Waals surface area contributed by atoms with Crippen LogP contribution in [0.3, 0.4) is 0 Å². The fourth-order valence-corrected chi connectivity index (χ4v) is 5.38. The number of nitrogens with one attached hydrogen (secondary N) is 1. The van der Waals surface area contributed by atoms with Gasteiger partial charge in [0.2, 0.25) is 11.6 Å². The molecule has 12 heteroatoms. The molecule has 1 fully saturated rings. The highest BCUT2D eigenvalue weighted by atomic mass is 32.2. The summed E-state index contributed by atoms with van der Waals surface area (Å²) in [6.07, 6.45) is -2.22. The highest BCUT2D eigenvalue weighted by Crippen LogP contribution is 2.33. The molecule has 1 heterocycles. The Kier molecular flexibility index (Phi) is 7.48. The van der Waals surface area contributed by atoms with E-state index < -0.39 is 61.8 Å². The van der Waals surface area contributed by atoms with Gasteiger partial charge in [-0.25, -0.2) is 13.2 Å². The smallest absolute Gasteiger partial charge is 0.407 e. The van der Waals surface area contributed by atoms with Crippen LogP contribution in [0.2, 0.25) is 0 Å². The van der Waals surface area contributed by atoms with Crippen LogP contribution in [0.15, 0.2) is 12.1 Å². The van der Waals surface area contributed by atoms with Crippen LogP contribution in [0, 0.1) is 21.8 Å². The summed E-state index contributed by atoms with van der Waals surface area (Å²) in [5.74, 6) is -3.14. The number of hydrogen-bond donors (Lipinski definition) is 2. The Morgan fingerprint density at radius 3 is 2.55 bits per heavy atom. The van der Waals surface area contributed by atoms with E-state index in [1.54, 1.807) is 27.7 Å². The normalized spacial score (nSPS) is 23.1. The summed E-state index contributed by atoms with van der Waals surface area (Å²) in [7, 11) is -3.64. The number of rotatable bonds is 6. The third-order valence-corrected chi connectivity index (χ3v) is 6.37. The standard InChI is InChI=1S/C19H27FN2O8S/c1-5-29-15-8-11(7-13(20)16(15)22(25)26)6-12-9-31(27,28)10-14(17(12)23)21-18(24)30-19(2,3)4/h7-8,12,14,17,23H,5-6,9-10H2,1-4H3,(H,21,24)/t12-,14+,17+/m1/s1. The summed E-state index contributed by atoms with van der Waals surface area (Å²) in [6.45, 7) is 6.57. The zero-order valence-corrected chi connectivity index (χ0v) is 18.6. The number of ether oxygens (including phenoxy) is 2. The molecular weight excluding hydrogens is 435 g/mol. The Hall–Kier alpha value is -2.47. The lowest BCUT2D eigenvalue weighted by Crippen LogP contribution is -2.56. The minimum atomic E-state index is -3.64. The average Bonchev–Trinajstić information content (AvgIpc) is 2.56. The van der Waals surface area contributed by atoms with Gasteiger partial charge in [0.1, 0.15) is 5.60 Å². The Labute approximate surface area is 179 Å². The lowest BCUT2D eigenvalue weighted by atomic mass is 9.91. The topological polar surface area (TPSA) is 145 Å². The van der Waals surface area contributed by atoms with E-state index in [4.69, 9.17) is 9.47 Å². The maximum atomic E-state index is 14.3. The Morgan fingerprint density at radius 1 is 1.35 bits per heavy atom. The van der Waals surface area contributed by atoms with Crippen molar-refractivity contribution in [3.05, 3.63) is 33.6 Å². The van der Waals surface area contributed by atoms with Crippen LogP contribution in [0.5, 0.6) is 5.75 Å². The number of benzene rings is 1. The van der Waals surface area contributed by atoms with Crippen LogP contribution >= 0.6 is 0 Å². The van der Waals surface area contributed by atoms with Gasteiger partial charge in [-0.2, -0.15) is 4.39 Å². The number of halogens is 1. The van der Waals surface area contributed by atoms with E-state index in [-0.39, 0.29) is 30.1 Å². The first-order valence-corrected chi connectivity index (χ1v) is 11.5. The molecule has 10 nitrogen and oxygen atoms in total. The first kappa shape index (κ1) is 24.8. The second-order valence-corrected chi connectivity index (χ2v) is 10.6. The molecule has 0 radical (unpaired) electrons. The number of carbonyl (C=O) groups is 1. The van der Waals surface area contributed by atoms with E-state index in [9.17, 15) is 32.8 Å². The van der Waals surface area contributed by atoms with Crippen molar-refractivity contribution in [2.45, 2.75) is 51.9 Å². The molecule has 0 aromatic heterocycles. The number of sulfone groups is 1. The summed E-state index contributed by atoms with van der Waals surface area (Å²) < 4.78 is 49.3. The number of nitrogens with zero attached hydrogens (tertiary/aromatic N) is 1. The van der Waals surface area contributed by atoms with Crippen molar-refractivity contribution in [3.63, 3.8) is 0 Å². The van der Waals surface area contributed by atoms with Crippen LogP contribution in [0.1, 0.15) is 33.3 Å². The minimum Gasteiger partial charge on any atom is -0.487 e. The van der Waals surface area contributed by atoms with Gasteiger partial charge in [-0.1, -0.05) is 0 Å². The van der Waals surface area contributed by atoms with Crippen molar-refractivity contribution < 1.29 is 37.1 Å². The van der Waals surface area contributed by atoms with Gasteiger partial charge >= 0.3 is 11.8 Å². The summed E-state index contributed by atoms with van der Waals surface area (Å²) in [5.41, 5.74) is -1.40. The predicted octanol–water partition coefficient (Wildman–Crippen LogP) is 1.97. The second kappa shape index (κ2) is 9.35. The van der Waals surface area contributed by atoms with Crippen LogP contribution in [0.4, 0.5) is 14.9 Å². The fourth-order valence-electron chi connectivity index (χ4n) is 3.45. The van der Waals surface area contributed by atoms with Crippen LogP contribution in [-0.4, -0.2) is 60.4 Å². The third-order valence-electron chi connectivity index (χ3n) is 4.57. The molecule has 2 rings (SSSR count). The quantitative estimate of drug-likeness (QED) is 0.482. The van der Waals surface area contributed by atoms with Gasteiger partial charge in [-0.3, -0.25) is 10.1 Å². The molecule has 0 aliphatic carbocycles. The molecule has 1 saturated heterocycles. The number of aliphatic hydroxyl groups excluding tert-OH is 1. The number of aliphatic hydroxyl groups is 1. The first-order chi connectivity index (χ1) is 14.2. The monoisotopic (exact) mass is 462 g/mol. The summed E-state index contributed by atoms with van der Waals surface area (Å²) >= 11 is 0. The molecular formula is C19H27FN2O8S. The Bertz CT molecular complexity index is 945. The van der Waals surface area contributed by atoms with Crippen LogP contribution in [-0.2, 0) is 21.0 Å². The van der Waals surface area contributed by atoms with Crippen molar-refractivity contribution in [2.24, 2.45) is 5.92 Å².